The summed E-state index contributed by atoms with van der Waals surface area (Å²) in [6.45, 7) is 8.52. The molecule has 1 aromatic heterocycles. The molecule has 1 rings (SSSR count). The maximum absolute atomic E-state index is 5.71. The van der Waals surface area contributed by atoms with Gasteiger partial charge in [0.2, 0.25) is 0 Å². The van der Waals surface area contributed by atoms with Gasteiger partial charge in [0.15, 0.2) is 5.82 Å². The molecule has 5 nitrogen and oxygen atoms in total. The van der Waals surface area contributed by atoms with Crippen molar-refractivity contribution in [3.8, 4) is 0 Å². The van der Waals surface area contributed by atoms with Crippen molar-refractivity contribution in [3.63, 3.8) is 0 Å². The standard InChI is InChI=1S/C10H20N4O/c1-5-10(4,15-6-2)9-12-8(7(3)11)13-14-9/h7H,5-6,11H2,1-4H3,(H,12,13,14). The van der Waals surface area contributed by atoms with Gasteiger partial charge in [0.05, 0.1) is 6.04 Å². The van der Waals surface area contributed by atoms with Gasteiger partial charge in [0.1, 0.15) is 11.4 Å². The minimum absolute atomic E-state index is 0.131. The third-order valence-electron chi connectivity index (χ3n) is 2.54. The smallest absolute Gasteiger partial charge is 0.182 e. The molecular formula is C10H20N4O. The highest BCUT2D eigenvalue weighted by atomic mass is 16.5. The Bertz CT molecular complexity index is 310. The van der Waals surface area contributed by atoms with Crippen LogP contribution < -0.4 is 5.73 Å². The normalized spacial score (nSPS) is 17.4. The number of ether oxygens (including phenoxy) is 1. The van der Waals surface area contributed by atoms with E-state index in [-0.39, 0.29) is 6.04 Å². The first-order chi connectivity index (χ1) is 7.03. The number of nitrogens with one attached hydrogen (secondary N) is 1. The molecule has 0 radical (unpaired) electrons. The Morgan fingerprint density at radius 3 is 2.60 bits per heavy atom. The molecule has 0 bridgehead atoms. The van der Waals surface area contributed by atoms with Crippen molar-refractivity contribution in [2.45, 2.75) is 45.8 Å². The van der Waals surface area contributed by atoms with Crippen molar-refractivity contribution >= 4 is 0 Å². The molecule has 1 heterocycles. The van der Waals surface area contributed by atoms with Crippen LogP contribution in [0, 0.1) is 0 Å². The molecule has 0 saturated heterocycles. The SMILES string of the molecule is CCOC(C)(CC)c1n[nH]c(C(C)N)n1. The summed E-state index contributed by atoms with van der Waals surface area (Å²) in [6, 6.07) is -0.131. The Balaban J connectivity index is 2.92. The molecule has 2 atom stereocenters. The molecule has 2 unspecified atom stereocenters. The van der Waals surface area contributed by atoms with Crippen molar-refractivity contribution in [1.29, 1.82) is 0 Å². The van der Waals surface area contributed by atoms with Crippen LogP contribution in [0.25, 0.3) is 0 Å². The second-order valence-corrected chi connectivity index (χ2v) is 3.85. The number of H-pyrrole nitrogens is 1. The number of nitrogens with two attached hydrogens (primary N) is 1. The monoisotopic (exact) mass is 212 g/mol. The summed E-state index contributed by atoms with van der Waals surface area (Å²) in [5.41, 5.74) is 5.29. The molecule has 0 saturated carbocycles. The summed E-state index contributed by atoms with van der Waals surface area (Å²) in [7, 11) is 0. The van der Waals surface area contributed by atoms with Crippen LogP contribution in [-0.4, -0.2) is 21.8 Å². The fourth-order valence-corrected chi connectivity index (χ4v) is 1.36. The van der Waals surface area contributed by atoms with E-state index in [1.807, 2.05) is 20.8 Å². The highest BCUT2D eigenvalue weighted by molar-refractivity contribution is 5.03. The van der Waals surface area contributed by atoms with Gasteiger partial charge >= 0.3 is 0 Å². The van der Waals surface area contributed by atoms with Crippen LogP contribution in [0.1, 0.15) is 51.8 Å². The van der Waals surface area contributed by atoms with E-state index in [9.17, 15) is 0 Å². The quantitative estimate of drug-likeness (QED) is 0.775. The van der Waals surface area contributed by atoms with Gasteiger partial charge in [-0.1, -0.05) is 6.92 Å². The van der Waals surface area contributed by atoms with Crippen LogP contribution in [0.2, 0.25) is 0 Å². The predicted octanol–water partition coefficient (Wildman–Crippen LogP) is 1.49. The Labute approximate surface area is 90.4 Å². The van der Waals surface area contributed by atoms with E-state index >= 15 is 0 Å². The molecule has 86 valence electrons. The van der Waals surface area contributed by atoms with Gasteiger partial charge in [0.25, 0.3) is 0 Å². The van der Waals surface area contributed by atoms with Gasteiger partial charge in [0, 0.05) is 6.61 Å². The third kappa shape index (κ3) is 2.54. The largest absolute Gasteiger partial charge is 0.368 e. The van der Waals surface area contributed by atoms with E-state index in [2.05, 4.69) is 22.1 Å². The first kappa shape index (κ1) is 12.1. The zero-order chi connectivity index (χ0) is 11.5. The average Bonchev–Trinajstić information content (AvgIpc) is 2.67. The number of aromatic amines is 1. The summed E-state index contributed by atoms with van der Waals surface area (Å²) in [5.74, 6) is 1.38. The zero-order valence-corrected chi connectivity index (χ0v) is 9.87. The fourth-order valence-electron chi connectivity index (χ4n) is 1.36. The molecule has 0 fully saturated rings. The fraction of sp³-hybridized carbons (Fsp3) is 0.800. The third-order valence-corrected chi connectivity index (χ3v) is 2.54. The Hall–Kier alpha value is -0.940. The summed E-state index contributed by atoms with van der Waals surface area (Å²) < 4.78 is 5.67. The van der Waals surface area contributed by atoms with Gasteiger partial charge in [-0.25, -0.2) is 4.98 Å². The summed E-state index contributed by atoms with van der Waals surface area (Å²) >= 11 is 0. The van der Waals surface area contributed by atoms with Crippen molar-refractivity contribution in [2.75, 3.05) is 6.61 Å². The zero-order valence-electron chi connectivity index (χ0n) is 9.87. The lowest BCUT2D eigenvalue weighted by Gasteiger charge is -2.24. The molecule has 1 aromatic rings. The number of rotatable bonds is 5. The number of nitrogens with zero attached hydrogens (tertiary/aromatic N) is 2. The second-order valence-electron chi connectivity index (χ2n) is 3.85. The highest BCUT2D eigenvalue weighted by Gasteiger charge is 2.29. The molecule has 5 heteroatoms. The molecule has 0 aliphatic rings. The first-order valence-corrected chi connectivity index (χ1v) is 5.35. The van der Waals surface area contributed by atoms with Gasteiger partial charge < -0.3 is 10.5 Å². The van der Waals surface area contributed by atoms with E-state index in [1.165, 1.54) is 0 Å². The number of aromatic nitrogens is 3. The summed E-state index contributed by atoms with van der Waals surface area (Å²) in [6.07, 6.45) is 0.830. The van der Waals surface area contributed by atoms with Crippen molar-refractivity contribution in [1.82, 2.24) is 15.2 Å². The molecule has 3 N–H and O–H groups in total. The van der Waals surface area contributed by atoms with E-state index in [0.717, 1.165) is 6.42 Å². The van der Waals surface area contributed by atoms with Crippen LogP contribution >= 0.6 is 0 Å². The van der Waals surface area contributed by atoms with Gasteiger partial charge in [-0.15, -0.1) is 0 Å². The number of hydrogen-bond donors (Lipinski definition) is 2. The molecule has 0 aliphatic carbocycles. The molecule has 0 aliphatic heterocycles. The van der Waals surface area contributed by atoms with Crippen LogP contribution in [-0.2, 0) is 10.3 Å². The average molecular weight is 212 g/mol. The van der Waals surface area contributed by atoms with Crippen molar-refractivity contribution in [3.05, 3.63) is 11.6 Å². The molecule has 0 amide bonds. The lowest BCUT2D eigenvalue weighted by Crippen LogP contribution is -2.26. The summed E-state index contributed by atoms with van der Waals surface area (Å²) in [4.78, 5) is 4.35. The van der Waals surface area contributed by atoms with Gasteiger partial charge in [-0.2, -0.15) is 5.10 Å². The second kappa shape index (κ2) is 4.72. The van der Waals surface area contributed by atoms with E-state index in [0.29, 0.717) is 18.3 Å². The highest BCUT2D eigenvalue weighted by Crippen LogP contribution is 2.26. The van der Waals surface area contributed by atoms with Crippen molar-refractivity contribution < 1.29 is 4.74 Å². The minimum Gasteiger partial charge on any atom is -0.368 e. The predicted molar refractivity (Wildman–Crippen MR) is 58.3 cm³/mol. The molecule has 0 aromatic carbocycles. The topological polar surface area (TPSA) is 76.8 Å². The van der Waals surface area contributed by atoms with E-state index < -0.39 is 5.60 Å². The Morgan fingerprint density at radius 2 is 2.20 bits per heavy atom. The van der Waals surface area contributed by atoms with Crippen LogP contribution in [0.15, 0.2) is 0 Å². The van der Waals surface area contributed by atoms with Crippen molar-refractivity contribution in [2.24, 2.45) is 5.73 Å². The minimum atomic E-state index is -0.418. The molecule has 0 spiro atoms. The Kier molecular flexibility index (Phi) is 3.82. The van der Waals surface area contributed by atoms with Gasteiger partial charge in [-0.3, -0.25) is 5.10 Å². The lowest BCUT2D eigenvalue weighted by molar-refractivity contribution is -0.0388. The van der Waals surface area contributed by atoms with Crippen LogP contribution in [0.3, 0.4) is 0 Å². The maximum Gasteiger partial charge on any atom is 0.182 e. The van der Waals surface area contributed by atoms with Crippen LogP contribution in [0.5, 0.6) is 0 Å². The lowest BCUT2D eigenvalue weighted by atomic mass is 10.0. The maximum atomic E-state index is 5.71. The summed E-state index contributed by atoms with van der Waals surface area (Å²) in [5, 5.41) is 7.00. The first-order valence-electron chi connectivity index (χ1n) is 5.35. The number of hydrogen-bond acceptors (Lipinski definition) is 4. The Morgan fingerprint density at radius 1 is 1.53 bits per heavy atom. The van der Waals surface area contributed by atoms with E-state index in [4.69, 9.17) is 10.5 Å². The van der Waals surface area contributed by atoms with Crippen LogP contribution in [0.4, 0.5) is 0 Å². The van der Waals surface area contributed by atoms with Gasteiger partial charge in [-0.05, 0) is 27.2 Å². The van der Waals surface area contributed by atoms with E-state index in [1.54, 1.807) is 0 Å². The molecular weight excluding hydrogens is 192 g/mol. The molecule has 15 heavy (non-hydrogen) atoms.